The Bertz CT molecular complexity index is 456. The van der Waals surface area contributed by atoms with Gasteiger partial charge in [0.1, 0.15) is 0 Å². The molecule has 1 aliphatic carbocycles. The number of phenols is 2. The van der Waals surface area contributed by atoms with Gasteiger partial charge in [-0.15, -0.1) is 0 Å². The molecule has 0 bridgehead atoms. The number of hydrogen-bond donors (Lipinski definition) is 3. The number of carbonyl (C=O) groups excluding carboxylic acids is 1. The summed E-state index contributed by atoms with van der Waals surface area (Å²) in [5.41, 5.74) is 5.83. The van der Waals surface area contributed by atoms with E-state index in [1.54, 1.807) is 11.9 Å². The van der Waals surface area contributed by atoms with Gasteiger partial charge in [0.05, 0.1) is 5.56 Å². The minimum atomic E-state index is -0.361. The molecule has 1 aliphatic rings. The van der Waals surface area contributed by atoms with Crippen molar-refractivity contribution in [1.82, 2.24) is 4.90 Å². The molecule has 1 fully saturated rings. The lowest BCUT2D eigenvalue weighted by atomic mass is 9.80. The molecule has 2 rings (SSSR count). The number of aromatic hydroxyl groups is 2. The Labute approximate surface area is 106 Å². The van der Waals surface area contributed by atoms with E-state index >= 15 is 0 Å². The van der Waals surface area contributed by atoms with Gasteiger partial charge >= 0.3 is 0 Å². The van der Waals surface area contributed by atoms with Gasteiger partial charge in [-0.25, -0.2) is 0 Å². The van der Waals surface area contributed by atoms with Crippen LogP contribution < -0.4 is 5.73 Å². The predicted molar refractivity (Wildman–Crippen MR) is 67.4 cm³/mol. The summed E-state index contributed by atoms with van der Waals surface area (Å²) in [5.74, 6) is -0.489. The van der Waals surface area contributed by atoms with E-state index in [9.17, 15) is 15.0 Å². The van der Waals surface area contributed by atoms with Crippen LogP contribution in [0.4, 0.5) is 0 Å². The van der Waals surface area contributed by atoms with Crippen molar-refractivity contribution in [3.05, 3.63) is 23.8 Å². The molecular weight excluding hydrogens is 232 g/mol. The number of hydrogen-bond acceptors (Lipinski definition) is 4. The summed E-state index contributed by atoms with van der Waals surface area (Å²) in [6.07, 6.45) is 1.87. The fourth-order valence-corrected chi connectivity index (χ4v) is 2.32. The van der Waals surface area contributed by atoms with Gasteiger partial charge in [0.2, 0.25) is 0 Å². The smallest absolute Gasteiger partial charge is 0.257 e. The molecule has 1 amide bonds. The predicted octanol–water partition coefficient (Wildman–Crippen LogP) is 0.907. The Morgan fingerprint density at radius 2 is 2.11 bits per heavy atom. The number of para-hydroxylation sites is 1. The molecule has 0 unspecified atom stereocenters. The van der Waals surface area contributed by atoms with E-state index in [1.807, 2.05) is 0 Å². The minimum absolute atomic E-state index is 0.126. The van der Waals surface area contributed by atoms with Crippen molar-refractivity contribution in [3.8, 4) is 11.5 Å². The molecule has 0 radical (unpaired) electrons. The van der Waals surface area contributed by atoms with Gasteiger partial charge < -0.3 is 20.8 Å². The highest BCUT2D eigenvalue weighted by atomic mass is 16.3. The normalized spacial score (nSPS) is 22.3. The zero-order chi connectivity index (χ0) is 13.3. The monoisotopic (exact) mass is 250 g/mol. The number of amides is 1. The maximum absolute atomic E-state index is 12.1. The van der Waals surface area contributed by atoms with Crippen molar-refractivity contribution >= 4 is 5.91 Å². The molecule has 0 aromatic heterocycles. The third kappa shape index (κ3) is 2.41. The average Bonchev–Trinajstić information content (AvgIpc) is 2.30. The minimum Gasteiger partial charge on any atom is -0.504 e. The van der Waals surface area contributed by atoms with E-state index < -0.39 is 0 Å². The van der Waals surface area contributed by atoms with E-state index in [0.29, 0.717) is 12.5 Å². The second-order valence-corrected chi connectivity index (χ2v) is 4.96. The lowest BCUT2D eigenvalue weighted by Gasteiger charge is -2.35. The Kier molecular flexibility index (Phi) is 3.43. The van der Waals surface area contributed by atoms with E-state index in [0.717, 1.165) is 12.8 Å². The quantitative estimate of drug-likeness (QED) is 0.696. The van der Waals surface area contributed by atoms with Crippen LogP contribution in [0.5, 0.6) is 11.5 Å². The van der Waals surface area contributed by atoms with Gasteiger partial charge in [-0.1, -0.05) is 6.07 Å². The summed E-state index contributed by atoms with van der Waals surface area (Å²) in [4.78, 5) is 13.7. The highest BCUT2D eigenvalue weighted by Gasteiger charge is 2.28. The Balaban J connectivity index is 2.04. The number of nitrogens with zero attached hydrogens (tertiary/aromatic N) is 1. The van der Waals surface area contributed by atoms with Gasteiger partial charge in [0.25, 0.3) is 5.91 Å². The van der Waals surface area contributed by atoms with Gasteiger partial charge in [-0.2, -0.15) is 0 Å². The second kappa shape index (κ2) is 4.86. The van der Waals surface area contributed by atoms with E-state index in [2.05, 4.69) is 0 Å². The number of phenolic OH excluding ortho intramolecular Hbond substituents is 2. The Morgan fingerprint density at radius 1 is 1.44 bits per heavy atom. The highest BCUT2D eigenvalue weighted by Crippen LogP contribution is 2.30. The molecule has 1 aromatic carbocycles. The number of benzene rings is 1. The van der Waals surface area contributed by atoms with Crippen LogP contribution in [0.15, 0.2) is 18.2 Å². The molecule has 5 nitrogen and oxygen atoms in total. The summed E-state index contributed by atoms with van der Waals surface area (Å²) < 4.78 is 0. The van der Waals surface area contributed by atoms with Crippen LogP contribution in [0.25, 0.3) is 0 Å². The van der Waals surface area contributed by atoms with E-state index in [4.69, 9.17) is 5.73 Å². The van der Waals surface area contributed by atoms with Crippen molar-refractivity contribution in [2.45, 2.75) is 18.9 Å². The second-order valence-electron chi connectivity index (χ2n) is 4.96. The summed E-state index contributed by atoms with van der Waals surface area (Å²) in [5, 5.41) is 19.0. The molecule has 5 heteroatoms. The first-order chi connectivity index (χ1) is 8.49. The standard InChI is InChI=1S/C13H18N2O3/c1-15(7-8-5-9(14)6-8)13(18)10-3-2-4-11(16)12(10)17/h2-4,8-9,16-17H,5-7,14H2,1H3. The van der Waals surface area contributed by atoms with Crippen LogP contribution in [0.3, 0.4) is 0 Å². The zero-order valence-corrected chi connectivity index (χ0v) is 10.3. The SMILES string of the molecule is CN(CC1CC(N)C1)C(=O)c1cccc(O)c1O. The first kappa shape index (κ1) is 12.7. The Hall–Kier alpha value is -1.75. The lowest BCUT2D eigenvalue weighted by molar-refractivity contribution is 0.0730. The van der Waals surface area contributed by atoms with Crippen LogP contribution in [-0.4, -0.2) is 40.7 Å². The molecule has 0 aliphatic heterocycles. The van der Waals surface area contributed by atoms with Crippen LogP contribution in [-0.2, 0) is 0 Å². The molecule has 0 saturated heterocycles. The third-order valence-corrected chi connectivity index (χ3v) is 3.40. The lowest BCUT2D eigenvalue weighted by Crippen LogP contribution is -2.43. The first-order valence-corrected chi connectivity index (χ1v) is 6.01. The summed E-state index contributed by atoms with van der Waals surface area (Å²) in [6.45, 7) is 0.627. The first-order valence-electron chi connectivity index (χ1n) is 6.01. The molecule has 0 spiro atoms. The molecule has 1 saturated carbocycles. The van der Waals surface area contributed by atoms with Crippen molar-refractivity contribution in [1.29, 1.82) is 0 Å². The summed E-state index contributed by atoms with van der Waals surface area (Å²) in [7, 11) is 1.69. The van der Waals surface area contributed by atoms with Crippen LogP contribution in [0.1, 0.15) is 23.2 Å². The molecule has 1 aromatic rings. The Morgan fingerprint density at radius 3 is 2.72 bits per heavy atom. The van der Waals surface area contributed by atoms with Crippen molar-refractivity contribution in [3.63, 3.8) is 0 Å². The molecule has 0 heterocycles. The van der Waals surface area contributed by atoms with Gasteiger partial charge in [0, 0.05) is 19.6 Å². The summed E-state index contributed by atoms with van der Waals surface area (Å²) >= 11 is 0. The fourth-order valence-electron chi connectivity index (χ4n) is 2.32. The van der Waals surface area contributed by atoms with Crippen LogP contribution in [0.2, 0.25) is 0 Å². The fraction of sp³-hybridized carbons (Fsp3) is 0.462. The van der Waals surface area contributed by atoms with Gasteiger partial charge in [-0.05, 0) is 30.9 Å². The maximum atomic E-state index is 12.1. The van der Waals surface area contributed by atoms with Crippen molar-refractivity contribution in [2.75, 3.05) is 13.6 Å². The molecule has 18 heavy (non-hydrogen) atoms. The molecule has 4 N–H and O–H groups in total. The number of carbonyl (C=O) groups is 1. The largest absolute Gasteiger partial charge is 0.504 e. The molecule has 0 atom stereocenters. The highest BCUT2D eigenvalue weighted by molar-refractivity contribution is 5.97. The maximum Gasteiger partial charge on any atom is 0.257 e. The topological polar surface area (TPSA) is 86.8 Å². The van der Waals surface area contributed by atoms with Crippen LogP contribution >= 0.6 is 0 Å². The van der Waals surface area contributed by atoms with Gasteiger partial charge in [-0.3, -0.25) is 4.79 Å². The van der Waals surface area contributed by atoms with E-state index in [1.165, 1.54) is 18.2 Å². The zero-order valence-electron chi connectivity index (χ0n) is 10.3. The van der Waals surface area contributed by atoms with Gasteiger partial charge in [0.15, 0.2) is 11.5 Å². The third-order valence-electron chi connectivity index (χ3n) is 3.40. The van der Waals surface area contributed by atoms with Crippen LogP contribution in [0, 0.1) is 5.92 Å². The molecular formula is C13H18N2O3. The number of rotatable bonds is 3. The summed E-state index contributed by atoms with van der Waals surface area (Å²) in [6, 6.07) is 4.64. The number of nitrogens with two attached hydrogens (primary N) is 1. The molecule has 98 valence electrons. The van der Waals surface area contributed by atoms with Crippen molar-refractivity contribution in [2.24, 2.45) is 11.7 Å². The van der Waals surface area contributed by atoms with Crippen molar-refractivity contribution < 1.29 is 15.0 Å². The van der Waals surface area contributed by atoms with E-state index in [-0.39, 0.29) is 29.0 Å². The average molecular weight is 250 g/mol.